The molecular formula is C14H21FN2O. The van der Waals surface area contributed by atoms with Crippen molar-refractivity contribution in [2.45, 2.75) is 25.3 Å². The second kappa shape index (κ2) is 6.05. The molecule has 1 aliphatic rings. The lowest BCUT2D eigenvalue weighted by atomic mass is 10.1. The fourth-order valence-corrected chi connectivity index (χ4v) is 2.37. The Hall–Kier alpha value is -1.29. The van der Waals surface area contributed by atoms with E-state index in [-0.39, 0.29) is 5.82 Å². The van der Waals surface area contributed by atoms with Gasteiger partial charge < -0.3 is 15.0 Å². The molecule has 1 N–H and O–H groups in total. The van der Waals surface area contributed by atoms with E-state index in [9.17, 15) is 4.39 Å². The van der Waals surface area contributed by atoms with Crippen molar-refractivity contribution in [2.24, 2.45) is 0 Å². The Bertz CT molecular complexity index is 391. The minimum atomic E-state index is -0.305. The van der Waals surface area contributed by atoms with Crippen molar-refractivity contribution in [1.82, 2.24) is 5.32 Å². The Morgan fingerprint density at radius 3 is 2.94 bits per heavy atom. The molecule has 0 bridgehead atoms. The molecule has 0 radical (unpaired) electrons. The zero-order valence-electron chi connectivity index (χ0n) is 11.1. The van der Waals surface area contributed by atoms with Crippen LogP contribution in [0.15, 0.2) is 18.2 Å². The number of hydrogen-bond donors (Lipinski definition) is 1. The van der Waals surface area contributed by atoms with Gasteiger partial charge in [0.2, 0.25) is 0 Å². The number of methoxy groups -OCH3 is 1. The summed E-state index contributed by atoms with van der Waals surface area (Å²) in [6.07, 6.45) is 3.63. The van der Waals surface area contributed by atoms with Crippen molar-refractivity contribution in [2.75, 3.05) is 32.1 Å². The third-order valence-corrected chi connectivity index (χ3v) is 3.55. The lowest BCUT2D eigenvalue weighted by Gasteiger charge is -2.21. The minimum absolute atomic E-state index is 0.296. The Kier molecular flexibility index (Phi) is 4.42. The normalized spacial score (nSPS) is 18.9. The highest BCUT2D eigenvalue weighted by Crippen LogP contribution is 2.23. The highest BCUT2D eigenvalue weighted by Gasteiger charge is 2.14. The highest BCUT2D eigenvalue weighted by molar-refractivity contribution is 5.49. The summed E-state index contributed by atoms with van der Waals surface area (Å²) >= 11 is 0. The Morgan fingerprint density at radius 2 is 2.33 bits per heavy atom. The molecule has 0 amide bonds. The lowest BCUT2D eigenvalue weighted by molar-refractivity contribution is 0.386. The van der Waals surface area contributed by atoms with Gasteiger partial charge in [0.1, 0.15) is 0 Å². The highest BCUT2D eigenvalue weighted by atomic mass is 19.1. The van der Waals surface area contributed by atoms with Crippen molar-refractivity contribution < 1.29 is 9.13 Å². The van der Waals surface area contributed by atoms with Crippen LogP contribution in [0.1, 0.15) is 19.3 Å². The number of nitrogens with zero attached hydrogens (tertiary/aromatic N) is 1. The monoisotopic (exact) mass is 252 g/mol. The van der Waals surface area contributed by atoms with E-state index in [2.05, 4.69) is 10.2 Å². The molecule has 1 unspecified atom stereocenters. The first-order chi connectivity index (χ1) is 8.70. The first-order valence-electron chi connectivity index (χ1n) is 6.49. The molecule has 1 aromatic carbocycles. The standard InChI is InChI=1S/C14H21FN2O/c1-17(9-7-11-4-3-8-16-11)12-5-6-14(18-2)13(15)10-12/h5-6,10-11,16H,3-4,7-9H2,1-2H3. The van der Waals surface area contributed by atoms with Gasteiger partial charge in [-0.15, -0.1) is 0 Å². The largest absolute Gasteiger partial charge is 0.494 e. The summed E-state index contributed by atoms with van der Waals surface area (Å²) in [5, 5.41) is 3.47. The SMILES string of the molecule is COc1ccc(N(C)CCC2CCCN2)cc1F. The maximum absolute atomic E-state index is 13.6. The quantitative estimate of drug-likeness (QED) is 0.871. The smallest absolute Gasteiger partial charge is 0.167 e. The maximum Gasteiger partial charge on any atom is 0.167 e. The number of rotatable bonds is 5. The molecule has 0 spiro atoms. The van der Waals surface area contributed by atoms with Crippen LogP contribution >= 0.6 is 0 Å². The van der Waals surface area contributed by atoms with E-state index < -0.39 is 0 Å². The number of halogens is 1. The van der Waals surface area contributed by atoms with Gasteiger partial charge >= 0.3 is 0 Å². The molecule has 3 nitrogen and oxygen atoms in total. The molecule has 100 valence electrons. The van der Waals surface area contributed by atoms with Crippen molar-refractivity contribution in [1.29, 1.82) is 0 Å². The van der Waals surface area contributed by atoms with Gasteiger partial charge in [-0.2, -0.15) is 0 Å². The molecule has 4 heteroatoms. The van der Waals surface area contributed by atoms with Crippen LogP contribution in [0.2, 0.25) is 0 Å². The van der Waals surface area contributed by atoms with Crippen LogP contribution in [0.3, 0.4) is 0 Å². The van der Waals surface area contributed by atoms with Gasteiger partial charge in [0.15, 0.2) is 11.6 Å². The maximum atomic E-state index is 13.6. The number of nitrogens with one attached hydrogen (secondary N) is 1. The number of benzene rings is 1. The van der Waals surface area contributed by atoms with Crippen molar-refractivity contribution in [3.63, 3.8) is 0 Å². The van der Waals surface area contributed by atoms with Crippen LogP contribution in [0, 0.1) is 5.82 Å². The third-order valence-electron chi connectivity index (χ3n) is 3.55. The van der Waals surface area contributed by atoms with Gasteiger partial charge in [-0.3, -0.25) is 0 Å². The molecule has 2 rings (SSSR count). The van der Waals surface area contributed by atoms with Crippen molar-refractivity contribution in [3.8, 4) is 5.75 Å². The topological polar surface area (TPSA) is 24.5 Å². The summed E-state index contributed by atoms with van der Waals surface area (Å²) in [6.45, 7) is 2.06. The first kappa shape index (κ1) is 13.1. The van der Waals surface area contributed by atoms with E-state index in [0.717, 1.165) is 25.2 Å². The van der Waals surface area contributed by atoms with Crippen molar-refractivity contribution in [3.05, 3.63) is 24.0 Å². The second-order valence-electron chi connectivity index (χ2n) is 4.82. The number of anilines is 1. The van der Waals surface area contributed by atoms with E-state index in [1.54, 1.807) is 6.07 Å². The van der Waals surface area contributed by atoms with Crippen LogP contribution in [0.4, 0.5) is 10.1 Å². The van der Waals surface area contributed by atoms with Gasteiger partial charge in [0, 0.05) is 31.4 Å². The zero-order valence-corrected chi connectivity index (χ0v) is 11.1. The van der Waals surface area contributed by atoms with Gasteiger partial charge in [0.05, 0.1) is 7.11 Å². The zero-order chi connectivity index (χ0) is 13.0. The number of ether oxygens (including phenoxy) is 1. The first-order valence-corrected chi connectivity index (χ1v) is 6.49. The lowest BCUT2D eigenvalue weighted by Crippen LogP contribution is -2.28. The summed E-state index contributed by atoms with van der Waals surface area (Å²) in [5.41, 5.74) is 0.895. The van der Waals surface area contributed by atoms with E-state index in [0.29, 0.717) is 11.8 Å². The molecule has 1 heterocycles. The van der Waals surface area contributed by atoms with E-state index in [4.69, 9.17) is 4.74 Å². The summed E-state index contributed by atoms with van der Waals surface area (Å²) < 4.78 is 18.5. The van der Waals surface area contributed by atoms with Crippen LogP contribution in [-0.2, 0) is 0 Å². The summed E-state index contributed by atoms with van der Waals surface area (Å²) in [7, 11) is 3.48. The second-order valence-corrected chi connectivity index (χ2v) is 4.82. The van der Waals surface area contributed by atoms with E-state index in [1.807, 2.05) is 13.1 Å². The fourth-order valence-electron chi connectivity index (χ4n) is 2.37. The Labute approximate surface area is 108 Å². The Balaban J connectivity index is 1.91. The molecule has 0 aromatic heterocycles. The van der Waals surface area contributed by atoms with Crippen LogP contribution in [0.5, 0.6) is 5.75 Å². The number of hydrogen-bond acceptors (Lipinski definition) is 3. The van der Waals surface area contributed by atoms with Gasteiger partial charge in [0.25, 0.3) is 0 Å². The van der Waals surface area contributed by atoms with Crippen LogP contribution < -0.4 is 15.0 Å². The van der Waals surface area contributed by atoms with Gasteiger partial charge in [-0.1, -0.05) is 0 Å². The average molecular weight is 252 g/mol. The molecule has 0 aliphatic carbocycles. The van der Waals surface area contributed by atoms with E-state index in [1.165, 1.54) is 26.0 Å². The van der Waals surface area contributed by atoms with E-state index >= 15 is 0 Å². The predicted molar refractivity (Wildman–Crippen MR) is 71.9 cm³/mol. The van der Waals surface area contributed by atoms with Crippen LogP contribution in [-0.4, -0.2) is 33.3 Å². The third kappa shape index (κ3) is 3.13. The van der Waals surface area contributed by atoms with Crippen molar-refractivity contribution >= 4 is 5.69 Å². The summed E-state index contributed by atoms with van der Waals surface area (Å²) in [4.78, 5) is 2.09. The molecule has 1 atom stereocenters. The van der Waals surface area contributed by atoms with Gasteiger partial charge in [-0.25, -0.2) is 4.39 Å². The average Bonchev–Trinajstić information content (AvgIpc) is 2.89. The Morgan fingerprint density at radius 1 is 1.50 bits per heavy atom. The molecule has 1 aliphatic heterocycles. The van der Waals surface area contributed by atoms with Crippen LogP contribution in [0.25, 0.3) is 0 Å². The minimum Gasteiger partial charge on any atom is -0.494 e. The molecule has 0 saturated carbocycles. The summed E-state index contributed by atoms with van der Waals surface area (Å²) in [6, 6.07) is 5.72. The predicted octanol–water partition coefficient (Wildman–Crippen LogP) is 2.41. The molecule has 18 heavy (non-hydrogen) atoms. The molecule has 1 fully saturated rings. The fraction of sp³-hybridized carbons (Fsp3) is 0.571. The molecule has 1 saturated heterocycles. The molecule has 1 aromatic rings. The van der Waals surface area contributed by atoms with Gasteiger partial charge in [-0.05, 0) is 37.9 Å². The molecular weight excluding hydrogens is 231 g/mol. The summed E-state index contributed by atoms with van der Waals surface area (Å²) in [5.74, 6) is -0.00884.